The van der Waals surface area contributed by atoms with Crippen LogP contribution in [0.2, 0.25) is 0 Å². The number of amides is 1. The molecule has 5 nitrogen and oxygen atoms in total. The van der Waals surface area contributed by atoms with Crippen LogP contribution in [0.15, 0.2) is 18.3 Å². The summed E-state index contributed by atoms with van der Waals surface area (Å²) < 4.78 is 0. The van der Waals surface area contributed by atoms with Crippen LogP contribution in [0.25, 0.3) is 0 Å². The quantitative estimate of drug-likeness (QED) is 0.847. The summed E-state index contributed by atoms with van der Waals surface area (Å²) in [5.74, 6) is 1.21. The van der Waals surface area contributed by atoms with Crippen LogP contribution < -0.4 is 10.6 Å². The van der Waals surface area contributed by atoms with Crippen molar-refractivity contribution in [1.29, 1.82) is 0 Å². The van der Waals surface area contributed by atoms with Crippen LogP contribution >= 0.6 is 0 Å². The molecule has 2 N–H and O–H groups in total. The van der Waals surface area contributed by atoms with E-state index in [-0.39, 0.29) is 11.8 Å². The maximum atomic E-state index is 11.9. The monoisotopic (exact) mass is 248 g/mol. The maximum absolute atomic E-state index is 11.9. The van der Waals surface area contributed by atoms with Crippen LogP contribution in [0.4, 0.5) is 11.5 Å². The second-order valence-corrected chi connectivity index (χ2v) is 4.91. The number of hydrogen-bond donors (Lipinski definition) is 1. The van der Waals surface area contributed by atoms with Gasteiger partial charge in [-0.05, 0) is 25.0 Å². The van der Waals surface area contributed by atoms with Crippen LogP contribution in [0, 0.1) is 5.92 Å². The maximum Gasteiger partial charge on any atom is 0.225 e. The number of piperidine rings is 1. The normalized spacial score (nSPS) is 16.7. The Kier molecular flexibility index (Phi) is 3.69. The Morgan fingerprint density at radius 2 is 2.11 bits per heavy atom. The zero-order chi connectivity index (χ0) is 13.1. The fourth-order valence-electron chi connectivity index (χ4n) is 2.38. The number of carbonyl (C=O) groups is 1. The zero-order valence-corrected chi connectivity index (χ0v) is 11.0. The van der Waals surface area contributed by atoms with Gasteiger partial charge in [0.05, 0.1) is 5.69 Å². The van der Waals surface area contributed by atoms with E-state index in [0.717, 1.165) is 31.7 Å². The van der Waals surface area contributed by atoms with Gasteiger partial charge in [0.2, 0.25) is 5.91 Å². The highest BCUT2D eigenvalue weighted by atomic mass is 16.2. The van der Waals surface area contributed by atoms with Gasteiger partial charge in [0.25, 0.3) is 0 Å². The van der Waals surface area contributed by atoms with Gasteiger partial charge in [0, 0.05) is 39.3 Å². The molecule has 1 amide bonds. The number of anilines is 2. The highest BCUT2D eigenvalue weighted by molar-refractivity contribution is 5.78. The van der Waals surface area contributed by atoms with Crippen LogP contribution in [-0.2, 0) is 4.79 Å². The highest BCUT2D eigenvalue weighted by Crippen LogP contribution is 2.26. The SMILES string of the molecule is CN(C)C(=O)C1CCN(c2ncccc2N)CC1. The smallest absolute Gasteiger partial charge is 0.225 e. The molecule has 0 saturated carbocycles. The van der Waals surface area contributed by atoms with Crippen molar-refractivity contribution >= 4 is 17.4 Å². The Hall–Kier alpha value is -1.78. The highest BCUT2D eigenvalue weighted by Gasteiger charge is 2.27. The Balaban J connectivity index is 1.99. The van der Waals surface area contributed by atoms with E-state index in [0.29, 0.717) is 5.69 Å². The van der Waals surface area contributed by atoms with E-state index < -0.39 is 0 Å². The molecular formula is C13H20N4O. The molecule has 1 aliphatic heterocycles. The Labute approximate surface area is 108 Å². The molecule has 0 aliphatic carbocycles. The second kappa shape index (κ2) is 5.25. The molecule has 0 aromatic carbocycles. The summed E-state index contributed by atoms with van der Waals surface area (Å²) in [6.45, 7) is 1.68. The van der Waals surface area contributed by atoms with E-state index in [2.05, 4.69) is 9.88 Å². The van der Waals surface area contributed by atoms with E-state index in [4.69, 9.17) is 5.73 Å². The van der Waals surface area contributed by atoms with Gasteiger partial charge in [0.15, 0.2) is 5.82 Å². The third-order valence-corrected chi connectivity index (χ3v) is 3.40. The minimum absolute atomic E-state index is 0.140. The van der Waals surface area contributed by atoms with Gasteiger partial charge in [-0.1, -0.05) is 0 Å². The van der Waals surface area contributed by atoms with Gasteiger partial charge < -0.3 is 15.5 Å². The number of aromatic nitrogens is 1. The van der Waals surface area contributed by atoms with Gasteiger partial charge >= 0.3 is 0 Å². The standard InChI is InChI=1S/C13H20N4O/c1-16(2)13(18)10-5-8-17(9-6-10)12-11(14)4-3-7-15-12/h3-4,7,10H,5-6,8-9,14H2,1-2H3. The largest absolute Gasteiger partial charge is 0.396 e. The van der Waals surface area contributed by atoms with Gasteiger partial charge in [-0.2, -0.15) is 0 Å². The third kappa shape index (κ3) is 2.55. The lowest BCUT2D eigenvalue weighted by atomic mass is 9.95. The molecule has 2 heterocycles. The predicted molar refractivity (Wildman–Crippen MR) is 72.3 cm³/mol. The molecule has 1 fully saturated rings. The Morgan fingerprint density at radius 1 is 1.44 bits per heavy atom. The first-order valence-electron chi connectivity index (χ1n) is 6.26. The number of pyridine rings is 1. The number of nitrogen functional groups attached to an aromatic ring is 1. The minimum Gasteiger partial charge on any atom is -0.396 e. The summed E-state index contributed by atoms with van der Waals surface area (Å²) in [4.78, 5) is 20.0. The molecule has 1 aromatic heterocycles. The van der Waals surface area contributed by atoms with E-state index in [1.807, 2.05) is 26.2 Å². The summed E-state index contributed by atoms with van der Waals surface area (Å²) in [5, 5.41) is 0. The average molecular weight is 248 g/mol. The third-order valence-electron chi connectivity index (χ3n) is 3.40. The molecule has 1 saturated heterocycles. The summed E-state index contributed by atoms with van der Waals surface area (Å²) in [7, 11) is 3.62. The summed E-state index contributed by atoms with van der Waals surface area (Å²) in [6.07, 6.45) is 3.49. The Bertz CT molecular complexity index is 425. The molecule has 18 heavy (non-hydrogen) atoms. The minimum atomic E-state index is 0.140. The fraction of sp³-hybridized carbons (Fsp3) is 0.538. The molecule has 2 rings (SSSR count). The summed E-state index contributed by atoms with van der Waals surface area (Å²) in [5.41, 5.74) is 6.62. The van der Waals surface area contributed by atoms with Crippen molar-refractivity contribution in [2.75, 3.05) is 37.8 Å². The van der Waals surface area contributed by atoms with Crippen molar-refractivity contribution in [1.82, 2.24) is 9.88 Å². The summed E-state index contributed by atoms with van der Waals surface area (Å²) >= 11 is 0. The van der Waals surface area contributed by atoms with Gasteiger partial charge in [-0.25, -0.2) is 4.98 Å². The van der Waals surface area contributed by atoms with Crippen molar-refractivity contribution in [3.8, 4) is 0 Å². The Morgan fingerprint density at radius 3 is 2.67 bits per heavy atom. The van der Waals surface area contributed by atoms with Gasteiger partial charge in [0.1, 0.15) is 0 Å². The molecular weight excluding hydrogens is 228 g/mol. The molecule has 0 unspecified atom stereocenters. The van der Waals surface area contributed by atoms with Crippen molar-refractivity contribution in [3.05, 3.63) is 18.3 Å². The molecule has 0 radical (unpaired) electrons. The van der Waals surface area contributed by atoms with Crippen molar-refractivity contribution < 1.29 is 4.79 Å². The number of nitrogens with zero attached hydrogens (tertiary/aromatic N) is 3. The fourth-order valence-corrected chi connectivity index (χ4v) is 2.38. The first kappa shape index (κ1) is 12.7. The van der Waals surface area contributed by atoms with E-state index in [1.165, 1.54) is 0 Å². The van der Waals surface area contributed by atoms with Crippen LogP contribution in [0.5, 0.6) is 0 Å². The second-order valence-electron chi connectivity index (χ2n) is 4.91. The van der Waals surface area contributed by atoms with E-state index in [9.17, 15) is 4.79 Å². The number of carbonyl (C=O) groups excluding carboxylic acids is 1. The topological polar surface area (TPSA) is 62.5 Å². The van der Waals surface area contributed by atoms with Crippen LogP contribution in [-0.4, -0.2) is 43.0 Å². The van der Waals surface area contributed by atoms with Gasteiger partial charge in [-0.3, -0.25) is 4.79 Å². The van der Waals surface area contributed by atoms with Crippen LogP contribution in [0.3, 0.4) is 0 Å². The first-order valence-corrected chi connectivity index (χ1v) is 6.26. The predicted octanol–water partition coefficient (Wildman–Crippen LogP) is 0.968. The number of nitrogens with two attached hydrogens (primary N) is 1. The first-order chi connectivity index (χ1) is 8.59. The molecule has 0 spiro atoms. The van der Waals surface area contributed by atoms with Crippen molar-refractivity contribution in [2.45, 2.75) is 12.8 Å². The van der Waals surface area contributed by atoms with Crippen molar-refractivity contribution in [2.24, 2.45) is 5.92 Å². The molecule has 1 aromatic rings. The molecule has 1 aliphatic rings. The van der Waals surface area contributed by atoms with Crippen LogP contribution in [0.1, 0.15) is 12.8 Å². The molecule has 0 bridgehead atoms. The lowest BCUT2D eigenvalue weighted by Crippen LogP contribution is -2.40. The zero-order valence-electron chi connectivity index (χ0n) is 11.0. The van der Waals surface area contributed by atoms with E-state index >= 15 is 0 Å². The van der Waals surface area contributed by atoms with E-state index in [1.54, 1.807) is 11.1 Å². The summed E-state index contributed by atoms with van der Waals surface area (Å²) in [6, 6.07) is 3.69. The lowest BCUT2D eigenvalue weighted by Gasteiger charge is -2.33. The average Bonchev–Trinajstić information content (AvgIpc) is 2.38. The number of rotatable bonds is 2. The molecule has 5 heteroatoms. The lowest BCUT2D eigenvalue weighted by molar-refractivity contribution is -0.133. The van der Waals surface area contributed by atoms with Gasteiger partial charge in [-0.15, -0.1) is 0 Å². The van der Waals surface area contributed by atoms with Crippen molar-refractivity contribution in [3.63, 3.8) is 0 Å². The molecule has 0 atom stereocenters. The number of hydrogen-bond acceptors (Lipinski definition) is 4. The molecule has 98 valence electrons.